The van der Waals surface area contributed by atoms with Crippen molar-refractivity contribution in [2.24, 2.45) is 5.73 Å². The van der Waals surface area contributed by atoms with Gasteiger partial charge in [0, 0.05) is 24.4 Å². The number of aromatic nitrogens is 1. The third-order valence-corrected chi connectivity index (χ3v) is 4.11. The van der Waals surface area contributed by atoms with Crippen LogP contribution in [-0.4, -0.2) is 48.0 Å². The minimum Gasteiger partial charge on any atom is -0.496 e. The molecule has 2 N–H and O–H groups in total. The van der Waals surface area contributed by atoms with Crippen molar-refractivity contribution in [1.82, 2.24) is 9.88 Å². The molecule has 1 aromatic heterocycles. The van der Waals surface area contributed by atoms with Crippen molar-refractivity contribution in [1.29, 1.82) is 0 Å². The number of nitrogens with zero attached hydrogens (tertiary/aromatic N) is 2. The van der Waals surface area contributed by atoms with Crippen LogP contribution in [0.15, 0.2) is 6.20 Å². The molecule has 0 aliphatic heterocycles. The summed E-state index contributed by atoms with van der Waals surface area (Å²) in [4.78, 5) is 18.3. The number of nitrogens with two attached hydrogens (primary N) is 1. The summed E-state index contributed by atoms with van der Waals surface area (Å²) in [5.41, 5.74) is 8.72. The summed E-state index contributed by atoms with van der Waals surface area (Å²) >= 11 is 1.69. The molecule has 1 amide bonds. The molecule has 0 aliphatic rings. The fraction of sp³-hybridized carbons (Fsp3) is 0.600. The van der Waals surface area contributed by atoms with E-state index in [0.29, 0.717) is 13.0 Å². The highest BCUT2D eigenvalue weighted by Crippen LogP contribution is 2.24. The lowest BCUT2D eigenvalue weighted by Crippen LogP contribution is -2.41. The van der Waals surface area contributed by atoms with Crippen molar-refractivity contribution >= 4 is 17.7 Å². The van der Waals surface area contributed by atoms with Crippen molar-refractivity contribution in [3.05, 3.63) is 23.0 Å². The van der Waals surface area contributed by atoms with Crippen molar-refractivity contribution in [3.8, 4) is 5.75 Å². The number of amides is 1. The molecular formula is C15H25N3O2S. The minimum absolute atomic E-state index is 0.0511. The molecule has 1 unspecified atom stereocenters. The lowest BCUT2D eigenvalue weighted by molar-refractivity contribution is -0.131. The third-order valence-electron chi connectivity index (χ3n) is 3.46. The molecule has 5 nitrogen and oxygen atoms in total. The average molecular weight is 311 g/mol. The Labute approximate surface area is 131 Å². The first-order valence-corrected chi connectivity index (χ1v) is 8.30. The fourth-order valence-corrected chi connectivity index (χ4v) is 2.67. The Balaban J connectivity index is 2.79. The molecule has 0 radical (unpaired) electrons. The molecular weight excluding hydrogens is 286 g/mol. The molecule has 6 heteroatoms. The second-order valence-electron chi connectivity index (χ2n) is 5.13. The zero-order valence-electron chi connectivity index (χ0n) is 13.5. The summed E-state index contributed by atoms with van der Waals surface area (Å²) < 4.78 is 5.39. The largest absolute Gasteiger partial charge is 0.496 e. The first-order chi connectivity index (χ1) is 9.92. The van der Waals surface area contributed by atoms with E-state index in [2.05, 4.69) is 4.98 Å². The summed E-state index contributed by atoms with van der Waals surface area (Å²) in [6.07, 6.45) is 4.47. The van der Waals surface area contributed by atoms with Gasteiger partial charge in [0.2, 0.25) is 5.91 Å². The second kappa shape index (κ2) is 8.24. The Hall–Kier alpha value is -1.27. The molecule has 1 atom stereocenters. The van der Waals surface area contributed by atoms with E-state index in [4.69, 9.17) is 10.5 Å². The van der Waals surface area contributed by atoms with Gasteiger partial charge in [0.15, 0.2) is 0 Å². The topological polar surface area (TPSA) is 68.5 Å². The van der Waals surface area contributed by atoms with Crippen molar-refractivity contribution in [3.63, 3.8) is 0 Å². The normalized spacial score (nSPS) is 12.1. The summed E-state index contributed by atoms with van der Waals surface area (Å²) in [5, 5.41) is 0. The maximum atomic E-state index is 12.2. The molecule has 0 aliphatic carbocycles. The highest BCUT2D eigenvalue weighted by Gasteiger charge is 2.19. The van der Waals surface area contributed by atoms with Crippen LogP contribution in [-0.2, 0) is 11.3 Å². The third kappa shape index (κ3) is 4.61. The number of thioether (sulfide) groups is 1. The van der Waals surface area contributed by atoms with Gasteiger partial charge in [-0.3, -0.25) is 9.78 Å². The number of rotatable bonds is 7. The Morgan fingerprint density at radius 3 is 2.76 bits per heavy atom. The van der Waals surface area contributed by atoms with Crippen LogP contribution < -0.4 is 10.5 Å². The zero-order chi connectivity index (χ0) is 16.0. The molecule has 0 saturated carbocycles. The molecule has 118 valence electrons. The van der Waals surface area contributed by atoms with Crippen LogP contribution in [0.5, 0.6) is 5.75 Å². The number of hydrogen-bond acceptors (Lipinski definition) is 5. The predicted octanol–water partition coefficient (Wildman–Crippen LogP) is 1.75. The predicted molar refractivity (Wildman–Crippen MR) is 87.7 cm³/mol. The maximum Gasteiger partial charge on any atom is 0.239 e. The molecule has 0 fully saturated rings. The number of carbonyl (C=O) groups is 1. The Bertz CT molecular complexity index is 494. The number of ether oxygens (including phenoxy) is 1. The van der Waals surface area contributed by atoms with E-state index < -0.39 is 6.04 Å². The lowest BCUT2D eigenvalue weighted by atomic mass is 10.1. The van der Waals surface area contributed by atoms with Crippen LogP contribution in [0, 0.1) is 13.8 Å². The summed E-state index contributed by atoms with van der Waals surface area (Å²) in [5.74, 6) is 1.66. The van der Waals surface area contributed by atoms with Crippen LogP contribution >= 0.6 is 11.8 Å². The van der Waals surface area contributed by atoms with Crippen molar-refractivity contribution in [2.45, 2.75) is 32.9 Å². The number of methoxy groups -OCH3 is 1. The minimum atomic E-state index is -0.449. The SMILES string of the molecule is COc1c(C)cnc(CN(C)C(=O)C(N)CCSC)c1C. The second-order valence-corrected chi connectivity index (χ2v) is 6.11. The molecule has 1 heterocycles. The van der Waals surface area contributed by atoms with E-state index in [0.717, 1.165) is 28.3 Å². The highest BCUT2D eigenvalue weighted by atomic mass is 32.2. The van der Waals surface area contributed by atoms with Gasteiger partial charge in [-0.25, -0.2) is 0 Å². The fourth-order valence-electron chi connectivity index (χ4n) is 2.18. The van der Waals surface area contributed by atoms with Gasteiger partial charge < -0.3 is 15.4 Å². The Morgan fingerprint density at radius 2 is 2.19 bits per heavy atom. The first kappa shape index (κ1) is 17.8. The smallest absolute Gasteiger partial charge is 0.239 e. The van der Waals surface area contributed by atoms with Gasteiger partial charge in [0.25, 0.3) is 0 Å². The van der Waals surface area contributed by atoms with Gasteiger partial charge in [-0.15, -0.1) is 0 Å². The molecule has 0 bridgehead atoms. The standard InChI is InChI=1S/C15H25N3O2S/c1-10-8-17-13(11(2)14(10)20-4)9-18(3)15(19)12(16)6-7-21-5/h8,12H,6-7,9,16H2,1-5H3. The summed E-state index contributed by atoms with van der Waals surface area (Å²) in [6, 6.07) is -0.449. The van der Waals surface area contributed by atoms with Gasteiger partial charge in [-0.05, 0) is 32.3 Å². The zero-order valence-corrected chi connectivity index (χ0v) is 14.3. The van der Waals surface area contributed by atoms with E-state index >= 15 is 0 Å². The van der Waals surface area contributed by atoms with Crippen LogP contribution in [0.2, 0.25) is 0 Å². The van der Waals surface area contributed by atoms with Crippen LogP contribution in [0.3, 0.4) is 0 Å². The highest BCUT2D eigenvalue weighted by molar-refractivity contribution is 7.98. The Kier molecular flexibility index (Phi) is 6.98. The van der Waals surface area contributed by atoms with Crippen LogP contribution in [0.4, 0.5) is 0 Å². The van der Waals surface area contributed by atoms with Gasteiger partial charge in [0.1, 0.15) is 5.75 Å². The molecule has 21 heavy (non-hydrogen) atoms. The first-order valence-electron chi connectivity index (χ1n) is 6.90. The van der Waals surface area contributed by atoms with Crippen LogP contribution in [0.1, 0.15) is 23.2 Å². The number of pyridine rings is 1. The van der Waals surface area contributed by atoms with Gasteiger partial charge in [0.05, 0.1) is 25.4 Å². The Morgan fingerprint density at radius 1 is 1.52 bits per heavy atom. The summed E-state index contributed by atoms with van der Waals surface area (Å²) in [6.45, 7) is 4.35. The quantitative estimate of drug-likeness (QED) is 0.831. The van der Waals surface area contributed by atoms with E-state index in [1.807, 2.05) is 20.1 Å². The number of hydrogen-bond donors (Lipinski definition) is 1. The maximum absolute atomic E-state index is 12.2. The van der Waals surface area contributed by atoms with E-state index in [9.17, 15) is 4.79 Å². The summed E-state index contributed by atoms with van der Waals surface area (Å²) in [7, 11) is 3.40. The van der Waals surface area contributed by atoms with E-state index in [1.165, 1.54) is 0 Å². The van der Waals surface area contributed by atoms with Crippen molar-refractivity contribution < 1.29 is 9.53 Å². The van der Waals surface area contributed by atoms with Crippen LogP contribution in [0.25, 0.3) is 0 Å². The average Bonchev–Trinajstić information content (AvgIpc) is 2.47. The van der Waals surface area contributed by atoms with E-state index in [-0.39, 0.29) is 5.91 Å². The van der Waals surface area contributed by atoms with Gasteiger partial charge in [-0.2, -0.15) is 11.8 Å². The van der Waals surface area contributed by atoms with E-state index in [1.54, 1.807) is 37.0 Å². The molecule has 0 saturated heterocycles. The molecule has 1 aromatic rings. The lowest BCUT2D eigenvalue weighted by Gasteiger charge is -2.22. The van der Waals surface area contributed by atoms with Gasteiger partial charge >= 0.3 is 0 Å². The number of likely N-dealkylation sites (N-methyl/N-ethyl adjacent to an activating group) is 1. The molecule has 0 spiro atoms. The number of carbonyl (C=O) groups excluding carboxylic acids is 1. The van der Waals surface area contributed by atoms with Gasteiger partial charge in [-0.1, -0.05) is 0 Å². The van der Waals surface area contributed by atoms with Crippen molar-refractivity contribution in [2.75, 3.05) is 26.2 Å². The number of aryl methyl sites for hydroxylation is 1. The molecule has 0 aromatic carbocycles. The monoisotopic (exact) mass is 311 g/mol. The molecule has 1 rings (SSSR count).